The van der Waals surface area contributed by atoms with Gasteiger partial charge in [-0.25, -0.2) is 4.79 Å². The van der Waals surface area contributed by atoms with Gasteiger partial charge in [0, 0.05) is 5.41 Å². The summed E-state index contributed by atoms with van der Waals surface area (Å²) in [5.41, 5.74) is -0.348. The van der Waals surface area contributed by atoms with Crippen LogP contribution in [0.1, 0.15) is 20.3 Å². The third-order valence-corrected chi connectivity index (χ3v) is 2.08. The van der Waals surface area contributed by atoms with Crippen molar-refractivity contribution >= 4 is 12.7 Å². The first kappa shape index (κ1) is 11.6. The minimum Gasteiger partial charge on any atom is -0.477 e. The quantitative estimate of drug-likeness (QED) is 0.402. The van der Waals surface area contributed by atoms with Crippen LogP contribution in [0.25, 0.3) is 0 Å². The second kappa shape index (κ2) is 4.60. The van der Waals surface area contributed by atoms with Gasteiger partial charge in [-0.05, 0) is 19.2 Å². The van der Waals surface area contributed by atoms with E-state index in [2.05, 4.69) is 18.3 Å². The molecule has 0 aliphatic heterocycles. The van der Waals surface area contributed by atoms with E-state index in [-0.39, 0.29) is 11.1 Å². The normalized spacial score (nSPS) is 16.0. The molecule has 0 spiro atoms. The third kappa shape index (κ3) is 3.23. The summed E-state index contributed by atoms with van der Waals surface area (Å²) < 4.78 is 0. The maximum Gasteiger partial charge on any atom is 0.354 e. The summed E-state index contributed by atoms with van der Waals surface area (Å²) in [7, 11) is 0. The van der Waals surface area contributed by atoms with Crippen LogP contribution in [0.3, 0.4) is 0 Å². The molecule has 0 rings (SSSR count). The van der Waals surface area contributed by atoms with Crippen LogP contribution < -0.4 is 0 Å². The summed E-state index contributed by atoms with van der Waals surface area (Å²) >= 11 is 0. The number of nitrogens with zero attached hydrogens (tertiary/aromatic N) is 1. The monoisotopic (exact) mass is 181 g/mol. The van der Waals surface area contributed by atoms with Crippen molar-refractivity contribution in [1.29, 1.82) is 0 Å². The highest BCUT2D eigenvalue weighted by Crippen LogP contribution is 2.25. The summed E-state index contributed by atoms with van der Waals surface area (Å²) in [5, 5.41) is 8.69. The fraction of sp³-hybridized carbons (Fsp3) is 0.400. The van der Waals surface area contributed by atoms with Gasteiger partial charge in [-0.15, -0.1) is 6.58 Å². The SMILES string of the molecule is C=CC(C)(/C=C(\N=C)C(=O)O)CC. The van der Waals surface area contributed by atoms with Crippen LogP contribution in [0, 0.1) is 5.41 Å². The van der Waals surface area contributed by atoms with E-state index in [4.69, 9.17) is 5.11 Å². The molecule has 0 aliphatic rings. The number of carboxylic acid groups (broad SMARTS) is 1. The molecule has 0 bridgehead atoms. The predicted octanol–water partition coefficient (Wildman–Crippen LogP) is 2.26. The Hall–Kier alpha value is -1.38. The minimum absolute atomic E-state index is 0.0238. The molecule has 0 heterocycles. The van der Waals surface area contributed by atoms with Gasteiger partial charge in [0.25, 0.3) is 0 Å². The number of aliphatic carboxylic acids is 1. The van der Waals surface area contributed by atoms with E-state index in [0.29, 0.717) is 0 Å². The second-order valence-electron chi connectivity index (χ2n) is 3.06. The van der Waals surface area contributed by atoms with Gasteiger partial charge in [0.1, 0.15) is 5.70 Å². The maximum atomic E-state index is 10.6. The average molecular weight is 181 g/mol. The smallest absolute Gasteiger partial charge is 0.354 e. The number of aliphatic imine (C=N–C) groups is 1. The van der Waals surface area contributed by atoms with E-state index in [1.54, 1.807) is 12.2 Å². The van der Waals surface area contributed by atoms with Crippen molar-refractivity contribution in [3.8, 4) is 0 Å². The Kier molecular flexibility index (Phi) is 4.11. The Balaban J connectivity index is 4.96. The zero-order valence-corrected chi connectivity index (χ0v) is 8.08. The lowest BCUT2D eigenvalue weighted by molar-refractivity contribution is -0.132. The molecule has 0 saturated heterocycles. The fourth-order valence-electron chi connectivity index (χ4n) is 0.793. The molecule has 1 atom stereocenters. The molecule has 0 aliphatic carbocycles. The molecule has 1 N–H and O–H groups in total. The van der Waals surface area contributed by atoms with Gasteiger partial charge in [0.05, 0.1) is 0 Å². The Morgan fingerprint density at radius 2 is 2.23 bits per heavy atom. The fourth-order valence-corrected chi connectivity index (χ4v) is 0.793. The van der Waals surface area contributed by atoms with Crippen molar-refractivity contribution in [2.45, 2.75) is 20.3 Å². The molecule has 0 aromatic rings. The summed E-state index contributed by atoms with van der Waals surface area (Å²) in [4.78, 5) is 14.0. The largest absolute Gasteiger partial charge is 0.477 e. The van der Waals surface area contributed by atoms with Gasteiger partial charge in [-0.2, -0.15) is 0 Å². The number of carboxylic acids is 1. The van der Waals surface area contributed by atoms with Crippen LogP contribution in [-0.2, 0) is 4.79 Å². The highest BCUT2D eigenvalue weighted by atomic mass is 16.4. The van der Waals surface area contributed by atoms with Crippen molar-refractivity contribution in [3.63, 3.8) is 0 Å². The molecule has 0 radical (unpaired) electrons. The van der Waals surface area contributed by atoms with Crippen LogP contribution in [0.15, 0.2) is 29.4 Å². The van der Waals surface area contributed by atoms with Crippen molar-refractivity contribution in [3.05, 3.63) is 24.4 Å². The third-order valence-electron chi connectivity index (χ3n) is 2.08. The standard InChI is InChI=1S/C10H15NO2/c1-5-10(3,6-2)7-8(11-4)9(12)13/h5,7H,1,4,6H2,2-3H3,(H,12,13)/b8-7-. The predicted molar refractivity (Wildman–Crippen MR) is 53.9 cm³/mol. The average Bonchev–Trinajstić information content (AvgIpc) is 2.13. The number of carbonyl (C=O) groups is 1. The summed E-state index contributed by atoms with van der Waals surface area (Å²) in [6.07, 6.45) is 4.05. The molecule has 72 valence electrons. The van der Waals surface area contributed by atoms with Gasteiger partial charge >= 0.3 is 5.97 Å². The summed E-state index contributed by atoms with van der Waals surface area (Å²) in [5.74, 6) is -1.06. The van der Waals surface area contributed by atoms with E-state index in [1.165, 1.54) is 0 Å². The lowest BCUT2D eigenvalue weighted by Crippen LogP contribution is -2.10. The van der Waals surface area contributed by atoms with Crippen LogP contribution in [0.5, 0.6) is 0 Å². The van der Waals surface area contributed by atoms with Crippen LogP contribution in [0.4, 0.5) is 0 Å². The van der Waals surface area contributed by atoms with Crippen molar-refractivity contribution < 1.29 is 9.90 Å². The summed E-state index contributed by atoms with van der Waals surface area (Å²) in [6, 6.07) is 0. The topological polar surface area (TPSA) is 49.7 Å². The van der Waals surface area contributed by atoms with Crippen molar-refractivity contribution in [2.75, 3.05) is 0 Å². The van der Waals surface area contributed by atoms with Gasteiger partial charge in [-0.1, -0.05) is 19.9 Å². The molecule has 3 heteroatoms. The first-order valence-electron chi connectivity index (χ1n) is 4.05. The highest BCUT2D eigenvalue weighted by Gasteiger charge is 2.17. The molecule has 0 aromatic heterocycles. The Labute approximate surface area is 78.5 Å². The molecule has 0 amide bonds. The molecule has 13 heavy (non-hydrogen) atoms. The van der Waals surface area contributed by atoms with Gasteiger partial charge < -0.3 is 5.11 Å². The maximum absolute atomic E-state index is 10.6. The van der Waals surface area contributed by atoms with Gasteiger partial charge in [-0.3, -0.25) is 4.99 Å². The molecule has 0 saturated carbocycles. The molecular formula is C10H15NO2. The van der Waals surface area contributed by atoms with E-state index < -0.39 is 5.97 Å². The minimum atomic E-state index is -1.06. The van der Waals surface area contributed by atoms with Gasteiger partial charge in [0.15, 0.2) is 0 Å². The van der Waals surface area contributed by atoms with E-state index >= 15 is 0 Å². The number of rotatable bonds is 5. The van der Waals surface area contributed by atoms with Crippen molar-refractivity contribution in [2.24, 2.45) is 10.4 Å². The number of hydrogen-bond donors (Lipinski definition) is 1. The molecule has 0 fully saturated rings. The molecule has 3 nitrogen and oxygen atoms in total. The molecule has 1 unspecified atom stereocenters. The van der Waals surface area contributed by atoms with Crippen LogP contribution in [-0.4, -0.2) is 17.8 Å². The number of allylic oxidation sites excluding steroid dienone is 2. The highest BCUT2D eigenvalue weighted by molar-refractivity contribution is 5.87. The zero-order valence-electron chi connectivity index (χ0n) is 8.08. The molecule has 0 aromatic carbocycles. The van der Waals surface area contributed by atoms with Crippen molar-refractivity contribution in [1.82, 2.24) is 0 Å². The second-order valence-corrected chi connectivity index (χ2v) is 3.06. The first-order chi connectivity index (χ1) is 5.99. The summed E-state index contributed by atoms with van der Waals surface area (Å²) in [6.45, 7) is 10.7. The lowest BCUT2D eigenvalue weighted by atomic mass is 9.87. The Bertz CT molecular complexity index is 256. The van der Waals surface area contributed by atoms with Crippen LogP contribution >= 0.6 is 0 Å². The van der Waals surface area contributed by atoms with Crippen LogP contribution in [0.2, 0.25) is 0 Å². The van der Waals surface area contributed by atoms with E-state index in [1.807, 2.05) is 13.8 Å². The zero-order chi connectivity index (χ0) is 10.5. The Morgan fingerprint density at radius 1 is 1.69 bits per heavy atom. The molecular weight excluding hydrogens is 166 g/mol. The number of hydrogen-bond acceptors (Lipinski definition) is 2. The Morgan fingerprint density at radius 3 is 2.46 bits per heavy atom. The van der Waals surface area contributed by atoms with Gasteiger partial charge in [0.2, 0.25) is 0 Å². The lowest BCUT2D eigenvalue weighted by Gasteiger charge is -2.18. The van der Waals surface area contributed by atoms with E-state index in [0.717, 1.165) is 6.42 Å². The first-order valence-corrected chi connectivity index (χ1v) is 4.05. The van der Waals surface area contributed by atoms with E-state index in [9.17, 15) is 4.79 Å².